The lowest BCUT2D eigenvalue weighted by Crippen LogP contribution is -2.40. The molecule has 0 radical (unpaired) electrons. The van der Waals surface area contributed by atoms with Crippen LogP contribution in [0.5, 0.6) is 0 Å². The predicted molar refractivity (Wildman–Crippen MR) is 70.8 cm³/mol. The molecular weight excluding hydrogens is 214 g/mol. The Morgan fingerprint density at radius 2 is 1.94 bits per heavy atom. The van der Waals surface area contributed by atoms with Gasteiger partial charge in [0, 0.05) is 19.5 Å². The highest BCUT2D eigenvalue weighted by Gasteiger charge is 2.32. The van der Waals surface area contributed by atoms with Crippen LogP contribution in [0.3, 0.4) is 0 Å². The van der Waals surface area contributed by atoms with Crippen LogP contribution in [0.25, 0.3) is 0 Å². The zero-order valence-electron chi connectivity index (χ0n) is 11.3. The fourth-order valence-electron chi connectivity index (χ4n) is 2.58. The van der Waals surface area contributed by atoms with Crippen molar-refractivity contribution in [1.29, 1.82) is 0 Å². The van der Waals surface area contributed by atoms with Crippen LogP contribution >= 0.6 is 0 Å². The molecule has 0 atom stereocenters. The SMILES string of the molecule is CN(C)CCNC(=O)CC1(CN)CCCCC1. The Balaban J connectivity index is 2.32. The molecule has 0 spiro atoms. The molecule has 3 N–H and O–H groups in total. The van der Waals surface area contributed by atoms with Gasteiger partial charge in [0.2, 0.25) is 5.91 Å². The van der Waals surface area contributed by atoms with Gasteiger partial charge in [0.1, 0.15) is 0 Å². The quantitative estimate of drug-likeness (QED) is 0.728. The van der Waals surface area contributed by atoms with Crippen molar-refractivity contribution in [2.75, 3.05) is 33.7 Å². The Morgan fingerprint density at radius 1 is 1.29 bits per heavy atom. The van der Waals surface area contributed by atoms with E-state index in [0.717, 1.165) is 25.9 Å². The van der Waals surface area contributed by atoms with Gasteiger partial charge in [-0.05, 0) is 38.9 Å². The first-order chi connectivity index (χ1) is 8.08. The van der Waals surface area contributed by atoms with Gasteiger partial charge in [-0.2, -0.15) is 0 Å². The van der Waals surface area contributed by atoms with Crippen LogP contribution in [0.4, 0.5) is 0 Å². The zero-order chi connectivity index (χ0) is 12.7. The smallest absolute Gasteiger partial charge is 0.220 e. The molecule has 0 saturated heterocycles. The molecule has 0 aromatic heterocycles. The van der Waals surface area contributed by atoms with Gasteiger partial charge >= 0.3 is 0 Å². The van der Waals surface area contributed by atoms with Gasteiger partial charge < -0.3 is 16.0 Å². The Bertz CT molecular complexity index is 235. The van der Waals surface area contributed by atoms with Gasteiger partial charge in [0.25, 0.3) is 0 Å². The summed E-state index contributed by atoms with van der Waals surface area (Å²) in [6, 6.07) is 0. The van der Waals surface area contributed by atoms with E-state index in [9.17, 15) is 4.79 Å². The maximum atomic E-state index is 11.9. The lowest BCUT2D eigenvalue weighted by atomic mass is 9.71. The summed E-state index contributed by atoms with van der Waals surface area (Å²) in [7, 11) is 4.02. The minimum atomic E-state index is 0.0838. The summed E-state index contributed by atoms with van der Waals surface area (Å²) in [5.41, 5.74) is 5.96. The van der Waals surface area contributed by atoms with Crippen molar-refractivity contribution < 1.29 is 4.79 Å². The third kappa shape index (κ3) is 5.04. The average molecular weight is 241 g/mol. The highest BCUT2D eigenvalue weighted by atomic mass is 16.1. The highest BCUT2D eigenvalue weighted by Crippen LogP contribution is 2.38. The van der Waals surface area contributed by atoms with Crippen molar-refractivity contribution >= 4 is 5.91 Å². The van der Waals surface area contributed by atoms with Crippen LogP contribution in [0.15, 0.2) is 0 Å². The van der Waals surface area contributed by atoms with E-state index in [1.54, 1.807) is 0 Å². The number of hydrogen-bond acceptors (Lipinski definition) is 3. The minimum absolute atomic E-state index is 0.0838. The lowest BCUT2D eigenvalue weighted by Gasteiger charge is -2.35. The maximum Gasteiger partial charge on any atom is 0.220 e. The third-order valence-corrected chi connectivity index (χ3v) is 3.76. The number of amides is 1. The topological polar surface area (TPSA) is 58.4 Å². The van der Waals surface area contributed by atoms with Crippen molar-refractivity contribution in [2.45, 2.75) is 38.5 Å². The summed E-state index contributed by atoms with van der Waals surface area (Å²) in [6.07, 6.45) is 6.58. The summed E-state index contributed by atoms with van der Waals surface area (Å²) in [6.45, 7) is 2.27. The van der Waals surface area contributed by atoms with Gasteiger partial charge in [-0.15, -0.1) is 0 Å². The molecule has 1 aliphatic rings. The van der Waals surface area contributed by atoms with Crippen molar-refractivity contribution in [3.05, 3.63) is 0 Å². The summed E-state index contributed by atoms with van der Waals surface area (Å²) in [5.74, 6) is 0.166. The lowest BCUT2D eigenvalue weighted by molar-refractivity contribution is -0.123. The molecule has 0 bridgehead atoms. The van der Waals surface area contributed by atoms with Gasteiger partial charge in [0.15, 0.2) is 0 Å². The van der Waals surface area contributed by atoms with E-state index in [0.29, 0.717) is 13.0 Å². The van der Waals surface area contributed by atoms with Gasteiger partial charge in [-0.25, -0.2) is 0 Å². The fourth-order valence-corrected chi connectivity index (χ4v) is 2.58. The van der Waals surface area contributed by atoms with E-state index in [4.69, 9.17) is 5.73 Å². The molecule has 0 unspecified atom stereocenters. The Morgan fingerprint density at radius 3 is 2.47 bits per heavy atom. The molecule has 1 fully saturated rings. The Kier molecular flexibility index (Phi) is 5.92. The van der Waals surface area contributed by atoms with Crippen molar-refractivity contribution in [3.8, 4) is 0 Å². The fraction of sp³-hybridized carbons (Fsp3) is 0.923. The summed E-state index contributed by atoms with van der Waals surface area (Å²) in [4.78, 5) is 13.9. The number of likely N-dealkylation sites (N-methyl/N-ethyl adjacent to an activating group) is 1. The van der Waals surface area contributed by atoms with Gasteiger partial charge in [0.05, 0.1) is 0 Å². The molecular formula is C13H27N3O. The molecule has 1 rings (SSSR count). The molecule has 0 aliphatic heterocycles. The van der Waals surface area contributed by atoms with Crippen LogP contribution in [-0.4, -0.2) is 44.5 Å². The molecule has 0 aromatic carbocycles. The van der Waals surface area contributed by atoms with Crippen molar-refractivity contribution in [1.82, 2.24) is 10.2 Å². The molecule has 1 aliphatic carbocycles. The third-order valence-electron chi connectivity index (χ3n) is 3.76. The molecule has 1 amide bonds. The van der Waals surface area contributed by atoms with Crippen LogP contribution in [-0.2, 0) is 4.79 Å². The molecule has 4 nitrogen and oxygen atoms in total. The van der Waals surface area contributed by atoms with Gasteiger partial charge in [-0.1, -0.05) is 19.3 Å². The Labute approximate surface area is 105 Å². The number of nitrogens with one attached hydrogen (secondary N) is 1. The maximum absolute atomic E-state index is 11.9. The molecule has 0 heterocycles. The molecule has 17 heavy (non-hydrogen) atoms. The standard InChI is InChI=1S/C13H27N3O/c1-16(2)9-8-15-12(17)10-13(11-14)6-4-3-5-7-13/h3-11,14H2,1-2H3,(H,15,17). The summed E-state index contributed by atoms with van der Waals surface area (Å²) >= 11 is 0. The molecule has 0 aromatic rings. The van der Waals surface area contributed by atoms with E-state index < -0.39 is 0 Å². The van der Waals surface area contributed by atoms with Crippen LogP contribution in [0.2, 0.25) is 0 Å². The first-order valence-electron chi connectivity index (χ1n) is 6.69. The second kappa shape index (κ2) is 6.97. The van der Waals surface area contributed by atoms with Crippen LogP contribution in [0, 0.1) is 5.41 Å². The number of hydrogen-bond donors (Lipinski definition) is 2. The van der Waals surface area contributed by atoms with Crippen molar-refractivity contribution in [2.24, 2.45) is 11.1 Å². The normalized spacial score (nSPS) is 19.3. The monoisotopic (exact) mass is 241 g/mol. The summed E-state index contributed by atoms with van der Waals surface area (Å²) < 4.78 is 0. The van der Waals surface area contributed by atoms with E-state index in [1.165, 1.54) is 19.3 Å². The number of carbonyl (C=O) groups is 1. The minimum Gasteiger partial charge on any atom is -0.355 e. The zero-order valence-corrected chi connectivity index (χ0v) is 11.3. The number of carbonyl (C=O) groups excluding carboxylic acids is 1. The average Bonchev–Trinajstić information content (AvgIpc) is 2.29. The van der Waals surface area contributed by atoms with E-state index in [2.05, 4.69) is 10.2 Å². The first-order valence-corrected chi connectivity index (χ1v) is 6.69. The molecule has 1 saturated carbocycles. The van der Waals surface area contributed by atoms with Crippen LogP contribution < -0.4 is 11.1 Å². The number of nitrogens with zero attached hydrogens (tertiary/aromatic N) is 1. The van der Waals surface area contributed by atoms with E-state index in [1.807, 2.05) is 14.1 Å². The second-order valence-corrected chi connectivity index (χ2v) is 5.59. The largest absolute Gasteiger partial charge is 0.355 e. The summed E-state index contributed by atoms with van der Waals surface area (Å²) in [5, 5.41) is 2.98. The van der Waals surface area contributed by atoms with Crippen molar-refractivity contribution in [3.63, 3.8) is 0 Å². The van der Waals surface area contributed by atoms with E-state index in [-0.39, 0.29) is 11.3 Å². The molecule has 100 valence electrons. The van der Waals surface area contributed by atoms with Gasteiger partial charge in [-0.3, -0.25) is 4.79 Å². The van der Waals surface area contributed by atoms with Crippen LogP contribution in [0.1, 0.15) is 38.5 Å². The molecule has 4 heteroatoms. The first kappa shape index (κ1) is 14.5. The number of nitrogens with two attached hydrogens (primary N) is 1. The number of rotatable bonds is 6. The Hall–Kier alpha value is -0.610. The second-order valence-electron chi connectivity index (χ2n) is 5.59. The van der Waals surface area contributed by atoms with E-state index >= 15 is 0 Å². The predicted octanol–water partition coefficient (Wildman–Crippen LogP) is 0.964. The highest BCUT2D eigenvalue weighted by molar-refractivity contribution is 5.76.